The zero-order chi connectivity index (χ0) is 35.2. The first-order valence-electron chi connectivity index (χ1n) is 17.9. The number of anilines is 5. The highest BCUT2D eigenvalue weighted by molar-refractivity contribution is 5.91. The zero-order valence-electron chi connectivity index (χ0n) is 30.1. The molecule has 1 aliphatic rings. The van der Waals surface area contributed by atoms with Gasteiger partial charge < -0.3 is 9.80 Å². The average Bonchev–Trinajstić information content (AvgIpc) is 3.15. The molecule has 0 radical (unpaired) electrons. The molecule has 1 heterocycles. The van der Waals surface area contributed by atoms with Crippen molar-refractivity contribution < 1.29 is 0 Å². The van der Waals surface area contributed by atoms with Crippen LogP contribution in [-0.4, -0.2) is 0 Å². The van der Waals surface area contributed by atoms with E-state index in [1.165, 1.54) is 55.7 Å². The maximum absolute atomic E-state index is 2.44. The van der Waals surface area contributed by atoms with Gasteiger partial charge >= 0.3 is 0 Å². The van der Waals surface area contributed by atoms with Crippen molar-refractivity contribution in [3.8, 4) is 11.1 Å². The lowest BCUT2D eigenvalue weighted by Gasteiger charge is -2.42. The summed E-state index contributed by atoms with van der Waals surface area (Å²) in [4.78, 5) is 4.67. The molecule has 250 valence electrons. The van der Waals surface area contributed by atoms with E-state index in [0.29, 0.717) is 0 Å². The molecule has 0 saturated heterocycles. The van der Waals surface area contributed by atoms with Gasteiger partial charge in [0.2, 0.25) is 0 Å². The molecule has 0 bridgehead atoms. The Bertz CT molecular complexity index is 2320. The van der Waals surface area contributed by atoms with Crippen LogP contribution in [0.5, 0.6) is 0 Å². The standard InChI is InChI=1S/C49H44N2/c1-48(2,3)40-25-27-43(28-26-40)51-46-19-13-12-18-44(46)49(4,5)45-34-39(24-29-47(45)51)38-23-22-36-32-35(20-21-37(36)33-38)30-31-50(41-14-8-6-9-15-41)42-16-10-7-11-17-42/h6-34H,1-5H3/b31-30+. The highest BCUT2D eigenvalue weighted by Gasteiger charge is 2.37. The van der Waals surface area contributed by atoms with Gasteiger partial charge in [0.1, 0.15) is 0 Å². The van der Waals surface area contributed by atoms with Crippen LogP contribution in [0.1, 0.15) is 56.9 Å². The smallest absolute Gasteiger partial charge is 0.0503 e. The number of rotatable bonds is 6. The largest absolute Gasteiger partial charge is 0.317 e. The Balaban J connectivity index is 1.13. The molecule has 51 heavy (non-hydrogen) atoms. The van der Waals surface area contributed by atoms with Gasteiger partial charge in [-0.2, -0.15) is 0 Å². The molecule has 8 rings (SSSR count). The van der Waals surface area contributed by atoms with Crippen molar-refractivity contribution in [2.75, 3.05) is 9.80 Å². The summed E-state index contributed by atoms with van der Waals surface area (Å²) < 4.78 is 0. The van der Waals surface area contributed by atoms with Gasteiger partial charge in [-0.3, -0.25) is 0 Å². The molecular formula is C49H44N2. The fourth-order valence-corrected chi connectivity index (χ4v) is 7.48. The van der Waals surface area contributed by atoms with Crippen molar-refractivity contribution in [1.29, 1.82) is 0 Å². The van der Waals surface area contributed by atoms with Crippen molar-refractivity contribution in [2.45, 2.75) is 45.4 Å². The molecule has 0 N–H and O–H groups in total. The number of benzene rings is 7. The molecule has 0 atom stereocenters. The molecule has 0 aromatic heterocycles. The SMILES string of the molecule is CC(C)(C)c1ccc(N2c3ccccc3C(C)(C)c3cc(-c4ccc5cc(/C=C/N(c6ccccc6)c6ccccc6)ccc5c4)ccc32)cc1. The van der Waals surface area contributed by atoms with Gasteiger partial charge in [0.15, 0.2) is 0 Å². The molecule has 0 unspecified atom stereocenters. The number of fused-ring (bicyclic) bond motifs is 3. The van der Waals surface area contributed by atoms with E-state index in [1.54, 1.807) is 0 Å². The third kappa shape index (κ3) is 6.12. The summed E-state index contributed by atoms with van der Waals surface area (Å²) in [6.45, 7) is 11.5. The highest BCUT2D eigenvalue weighted by Crippen LogP contribution is 2.52. The van der Waals surface area contributed by atoms with Crippen LogP contribution in [0.2, 0.25) is 0 Å². The Labute approximate surface area is 303 Å². The van der Waals surface area contributed by atoms with Crippen molar-refractivity contribution in [2.24, 2.45) is 0 Å². The van der Waals surface area contributed by atoms with Gasteiger partial charge in [0, 0.05) is 28.7 Å². The van der Waals surface area contributed by atoms with Gasteiger partial charge in [-0.15, -0.1) is 0 Å². The van der Waals surface area contributed by atoms with Gasteiger partial charge in [-0.25, -0.2) is 0 Å². The van der Waals surface area contributed by atoms with Crippen LogP contribution in [-0.2, 0) is 10.8 Å². The Morgan fingerprint density at radius 2 is 1.10 bits per heavy atom. The first-order chi connectivity index (χ1) is 24.7. The maximum atomic E-state index is 2.44. The van der Waals surface area contributed by atoms with E-state index in [1.807, 2.05) is 0 Å². The van der Waals surface area contributed by atoms with Crippen molar-refractivity contribution >= 4 is 45.3 Å². The van der Waals surface area contributed by atoms with Crippen LogP contribution >= 0.6 is 0 Å². The van der Waals surface area contributed by atoms with E-state index in [4.69, 9.17) is 0 Å². The quantitative estimate of drug-likeness (QED) is 0.175. The predicted octanol–water partition coefficient (Wildman–Crippen LogP) is 13.7. The summed E-state index contributed by atoms with van der Waals surface area (Å²) in [6.07, 6.45) is 4.36. The first kappa shape index (κ1) is 32.4. The van der Waals surface area contributed by atoms with E-state index in [2.05, 4.69) is 220 Å². The fraction of sp³-hybridized carbons (Fsp3) is 0.143. The second-order valence-electron chi connectivity index (χ2n) is 15.2. The van der Waals surface area contributed by atoms with Crippen LogP contribution in [0.15, 0.2) is 170 Å². The van der Waals surface area contributed by atoms with Crippen LogP contribution in [0.4, 0.5) is 28.4 Å². The van der Waals surface area contributed by atoms with Gasteiger partial charge in [-0.05, 0) is 122 Å². The molecule has 7 aromatic carbocycles. The summed E-state index contributed by atoms with van der Waals surface area (Å²) >= 11 is 0. The third-order valence-electron chi connectivity index (χ3n) is 10.4. The zero-order valence-corrected chi connectivity index (χ0v) is 30.1. The average molecular weight is 661 g/mol. The fourth-order valence-electron chi connectivity index (χ4n) is 7.48. The second kappa shape index (κ2) is 12.8. The van der Waals surface area contributed by atoms with Crippen LogP contribution in [0, 0.1) is 0 Å². The first-order valence-corrected chi connectivity index (χ1v) is 17.9. The Morgan fingerprint density at radius 1 is 0.529 bits per heavy atom. The minimum absolute atomic E-state index is 0.108. The summed E-state index contributed by atoms with van der Waals surface area (Å²) in [5.74, 6) is 0. The summed E-state index contributed by atoms with van der Waals surface area (Å²) in [5.41, 5.74) is 13.5. The number of para-hydroxylation sites is 3. The lowest BCUT2D eigenvalue weighted by Crippen LogP contribution is -2.30. The topological polar surface area (TPSA) is 6.48 Å². The summed E-state index contributed by atoms with van der Waals surface area (Å²) in [6, 6.07) is 59.6. The summed E-state index contributed by atoms with van der Waals surface area (Å²) in [5, 5.41) is 2.46. The molecule has 2 heteroatoms. The van der Waals surface area contributed by atoms with E-state index in [9.17, 15) is 0 Å². The van der Waals surface area contributed by atoms with Gasteiger partial charge in [0.05, 0.1) is 11.4 Å². The second-order valence-corrected chi connectivity index (χ2v) is 15.2. The molecule has 0 amide bonds. The van der Waals surface area contributed by atoms with Crippen LogP contribution < -0.4 is 9.80 Å². The molecule has 2 nitrogen and oxygen atoms in total. The molecule has 0 saturated carbocycles. The Morgan fingerprint density at radius 3 is 1.78 bits per heavy atom. The normalized spacial score (nSPS) is 13.6. The number of nitrogens with zero attached hydrogens (tertiary/aromatic N) is 2. The van der Waals surface area contributed by atoms with Crippen LogP contribution in [0.25, 0.3) is 28.0 Å². The molecule has 1 aliphatic heterocycles. The van der Waals surface area contributed by atoms with E-state index in [-0.39, 0.29) is 10.8 Å². The molecule has 0 fully saturated rings. The Kier molecular flexibility index (Phi) is 8.11. The predicted molar refractivity (Wildman–Crippen MR) is 219 cm³/mol. The van der Waals surface area contributed by atoms with Crippen molar-refractivity contribution in [3.05, 3.63) is 192 Å². The monoisotopic (exact) mass is 660 g/mol. The lowest BCUT2D eigenvalue weighted by molar-refractivity contribution is 0.590. The highest BCUT2D eigenvalue weighted by atomic mass is 15.2. The minimum Gasteiger partial charge on any atom is -0.317 e. The van der Waals surface area contributed by atoms with Gasteiger partial charge in [-0.1, -0.05) is 132 Å². The maximum Gasteiger partial charge on any atom is 0.0503 e. The molecule has 0 aliphatic carbocycles. The molecule has 0 spiro atoms. The number of hydrogen-bond acceptors (Lipinski definition) is 2. The van der Waals surface area contributed by atoms with Gasteiger partial charge in [0.25, 0.3) is 0 Å². The van der Waals surface area contributed by atoms with E-state index < -0.39 is 0 Å². The van der Waals surface area contributed by atoms with E-state index >= 15 is 0 Å². The third-order valence-corrected chi connectivity index (χ3v) is 10.4. The van der Waals surface area contributed by atoms with Crippen molar-refractivity contribution in [1.82, 2.24) is 0 Å². The number of hydrogen-bond donors (Lipinski definition) is 0. The minimum atomic E-state index is -0.157. The molecule has 7 aromatic rings. The lowest BCUT2D eigenvalue weighted by atomic mass is 9.73. The van der Waals surface area contributed by atoms with E-state index in [0.717, 1.165) is 16.9 Å². The van der Waals surface area contributed by atoms with Crippen molar-refractivity contribution in [3.63, 3.8) is 0 Å². The summed E-state index contributed by atoms with van der Waals surface area (Å²) in [7, 11) is 0. The molecular weight excluding hydrogens is 617 g/mol. The Hall–Kier alpha value is -5.86. The van der Waals surface area contributed by atoms with Crippen LogP contribution in [0.3, 0.4) is 0 Å².